The van der Waals surface area contributed by atoms with Crippen molar-refractivity contribution in [2.45, 2.75) is 19.5 Å². The Kier molecular flexibility index (Phi) is 7.36. The number of rotatable bonds is 7. The van der Waals surface area contributed by atoms with Crippen LogP contribution in [0.3, 0.4) is 0 Å². The summed E-state index contributed by atoms with van der Waals surface area (Å²) >= 11 is 0. The Morgan fingerprint density at radius 3 is 2.27 bits per heavy atom. The minimum absolute atomic E-state index is 0.220. The predicted octanol–water partition coefficient (Wildman–Crippen LogP) is 2.81. The number of esters is 1. The van der Waals surface area contributed by atoms with Crippen molar-refractivity contribution >= 4 is 12.0 Å². The molecule has 2 heterocycles. The van der Waals surface area contributed by atoms with Gasteiger partial charge < -0.3 is 15.4 Å². The van der Waals surface area contributed by atoms with E-state index in [0.29, 0.717) is 23.4 Å². The van der Waals surface area contributed by atoms with E-state index in [0.717, 1.165) is 32.7 Å². The van der Waals surface area contributed by atoms with E-state index in [1.165, 1.54) is 17.7 Å². The fourth-order valence-corrected chi connectivity index (χ4v) is 4.27. The van der Waals surface area contributed by atoms with E-state index in [4.69, 9.17) is 4.74 Å². The van der Waals surface area contributed by atoms with Crippen molar-refractivity contribution in [2.75, 3.05) is 39.3 Å². The lowest BCUT2D eigenvalue weighted by Gasteiger charge is -2.37. The minimum atomic E-state index is -0.701. The number of carbonyl (C=O) groups is 2. The molecule has 0 bridgehead atoms. The van der Waals surface area contributed by atoms with Gasteiger partial charge in [-0.1, -0.05) is 42.5 Å². The molecule has 0 saturated carbocycles. The average molecular weight is 453 g/mol. The highest BCUT2D eigenvalue weighted by atomic mass is 19.1. The lowest BCUT2D eigenvalue weighted by atomic mass is 9.95. The third-order valence-electron chi connectivity index (χ3n) is 5.95. The molecule has 4 rings (SSSR count). The van der Waals surface area contributed by atoms with Gasteiger partial charge in [0.15, 0.2) is 0 Å². The number of halogens is 1. The molecule has 8 heteroatoms. The van der Waals surface area contributed by atoms with Crippen molar-refractivity contribution in [3.8, 4) is 0 Å². The number of piperazine rings is 1. The summed E-state index contributed by atoms with van der Waals surface area (Å²) < 4.78 is 18.8. The molecule has 33 heavy (non-hydrogen) atoms. The molecule has 1 saturated heterocycles. The van der Waals surface area contributed by atoms with Crippen molar-refractivity contribution in [1.82, 2.24) is 20.4 Å². The smallest absolute Gasteiger partial charge is 0.338 e. The average Bonchev–Trinajstić information content (AvgIpc) is 2.81. The van der Waals surface area contributed by atoms with Crippen molar-refractivity contribution in [1.29, 1.82) is 0 Å². The predicted molar refractivity (Wildman–Crippen MR) is 123 cm³/mol. The molecule has 2 aromatic rings. The second kappa shape index (κ2) is 10.6. The molecule has 0 spiro atoms. The van der Waals surface area contributed by atoms with Crippen LogP contribution in [0.5, 0.6) is 0 Å². The standard InChI is InChI=1S/C25H29FN4O3/c1-2-33-24(31)22-21(27-25(32)28-23(22)19-8-10-20(26)11-9-19)17-30-14-12-29(13-15-30)16-18-6-4-3-5-7-18/h3-11,23H,2,12-17H2,1H3,(H2,27,28,32)/t23-/m0/s1. The second-order valence-electron chi connectivity index (χ2n) is 8.23. The maximum absolute atomic E-state index is 13.4. The van der Waals surface area contributed by atoms with Crippen LogP contribution in [-0.2, 0) is 16.1 Å². The number of urea groups is 1. The molecule has 0 aliphatic carbocycles. The molecule has 1 fully saturated rings. The summed E-state index contributed by atoms with van der Waals surface area (Å²) in [5.41, 5.74) is 2.79. The highest BCUT2D eigenvalue weighted by Gasteiger charge is 2.34. The molecule has 2 aliphatic rings. The van der Waals surface area contributed by atoms with Crippen LogP contribution in [-0.4, -0.2) is 61.1 Å². The Labute approximate surface area is 193 Å². The third-order valence-corrected chi connectivity index (χ3v) is 5.95. The van der Waals surface area contributed by atoms with E-state index in [9.17, 15) is 14.0 Å². The summed E-state index contributed by atoms with van der Waals surface area (Å²) in [7, 11) is 0. The molecular weight excluding hydrogens is 423 g/mol. The summed E-state index contributed by atoms with van der Waals surface area (Å²) in [6, 6.07) is 15.1. The summed E-state index contributed by atoms with van der Waals surface area (Å²) in [6.45, 7) is 6.71. The number of nitrogens with one attached hydrogen (secondary N) is 2. The van der Waals surface area contributed by atoms with E-state index < -0.39 is 18.0 Å². The first-order valence-corrected chi connectivity index (χ1v) is 11.2. The number of amides is 2. The first kappa shape index (κ1) is 22.9. The topological polar surface area (TPSA) is 73.9 Å². The number of hydrogen-bond acceptors (Lipinski definition) is 5. The lowest BCUT2D eigenvalue weighted by molar-refractivity contribution is -0.139. The number of benzene rings is 2. The van der Waals surface area contributed by atoms with Crippen LogP contribution in [0.15, 0.2) is 65.9 Å². The molecule has 2 N–H and O–H groups in total. The number of hydrogen-bond donors (Lipinski definition) is 2. The van der Waals surface area contributed by atoms with Crippen molar-refractivity contribution in [2.24, 2.45) is 0 Å². The first-order chi connectivity index (χ1) is 16.0. The van der Waals surface area contributed by atoms with Gasteiger partial charge in [-0.05, 0) is 30.2 Å². The summed E-state index contributed by atoms with van der Waals surface area (Å²) in [5, 5.41) is 5.60. The Balaban J connectivity index is 1.50. The van der Waals surface area contributed by atoms with Gasteiger partial charge in [-0.2, -0.15) is 0 Å². The van der Waals surface area contributed by atoms with Crippen LogP contribution in [0.25, 0.3) is 0 Å². The molecular formula is C25H29FN4O3. The van der Waals surface area contributed by atoms with Crippen LogP contribution in [0.2, 0.25) is 0 Å². The number of nitrogens with zero attached hydrogens (tertiary/aromatic N) is 2. The van der Waals surface area contributed by atoms with Gasteiger partial charge >= 0.3 is 12.0 Å². The Morgan fingerprint density at radius 2 is 1.64 bits per heavy atom. The maximum Gasteiger partial charge on any atom is 0.338 e. The molecule has 1 atom stereocenters. The summed E-state index contributed by atoms with van der Waals surface area (Å²) in [6.07, 6.45) is 0. The van der Waals surface area contributed by atoms with Gasteiger partial charge in [-0.3, -0.25) is 9.80 Å². The summed E-state index contributed by atoms with van der Waals surface area (Å²) in [4.78, 5) is 30.0. The molecule has 2 aliphatic heterocycles. The first-order valence-electron chi connectivity index (χ1n) is 11.2. The van der Waals surface area contributed by atoms with Crippen LogP contribution in [0.1, 0.15) is 24.1 Å². The molecule has 174 valence electrons. The fourth-order valence-electron chi connectivity index (χ4n) is 4.27. The zero-order chi connectivity index (χ0) is 23.2. The van der Waals surface area contributed by atoms with E-state index >= 15 is 0 Å². The van der Waals surface area contributed by atoms with Crippen LogP contribution in [0.4, 0.5) is 9.18 Å². The van der Waals surface area contributed by atoms with Gasteiger partial charge in [-0.25, -0.2) is 14.0 Å². The van der Waals surface area contributed by atoms with E-state index in [2.05, 4.69) is 32.6 Å². The molecule has 2 aromatic carbocycles. The van der Waals surface area contributed by atoms with Crippen LogP contribution < -0.4 is 10.6 Å². The van der Waals surface area contributed by atoms with Crippen molar-refractivity contribution in [3.05, 3.63) is 82.8 Å². The molecule has 7 nitrogen and oxygen atoms in total. The number of ether oxygens (including phenoxy) is 1. The highest BCUT2D eigenvalue weighted by molar-refractivity contribution is 5.95. The Bertz CT molecular complexity index is 1000. The second-order valence-corrected chi connectivity index (χ2v) is 8.23. The quantitative estimate of drug-likeness (QED) is 0.632. The van der Waals surface area contributed by atoms with Crippen molar-refractivity contribution in [3.63, 3.8) is 0 Å². The van der Waals surface area contributed by atoms with Gasteiger partial charge in [0, 0.05) is 45.0 Å². The summed E-state index contributed by atoms with van der Waals surface area (Å²) in [5.74, 6) is -0.869. The zero-order valence-electron chi connectivity index (χ0n) is 18.7. The fraction of sp³-hybridized carbons (Fsp3) is 0.360. The maximum atomic E-state index is 13.4. The Hall–Kier alpha value is -3.23. The number of carbonyl (C=O) groups excluding carboxylic acids is 2. The normalized spacial score (nSPS) is 19.7. The molecule has 0 aromatic heterocycles. The van der Waals surface area contributed by atoms with E-state index in [1.807, 2.05) is 18.2 Å². The Morgan fingerprint density at radius 1 is 1.00 bits per heavy atom. The van der Waals surface area contributed by atoms with Gasteiger partial charge in [-0.15, -0.1) is 0 Å². The SMILES string of the molecule is CCOC(=O)C1=C(CN2CCN(Cc3ccccc3)CC2)NC(=O)N[C@H]1c1ccc(F)cc1. The van der Waals surface area contributed by atoms with Gasteiger partial charge in [0.1, 0.15) is 5.82 Å². The van der Waals surface area contributed by atoms with Gasteiger partial charge in [0.05, 0.1) is 18.2 Å². The van der Waals surface area contributed by atoms with Crippen LogP contribution in [0, 0.1) is 5.82 Å². The monoisotopic (exact) mass is 452 g/mol. The molecule has 2 amide bonds. The van der Waals surface area contributed by atoms with E-state index in [-0.39, 0.29) is 12.4 Å². The van der Waals surface area contributed by atoms with Crippen molar-refractivity contribution < 1.29 is 18.7 Å². The third kappa shape index (κ3) is 5.77. The van der Waals surface area contributed by atoms with Crippen LogP contribution >= 0.6 is 0 Å². The minimum Gasteiger partial charge on any atom is -0.463 e. The van der Waals surface area contributed by atoms with Gasteiger partial charge in [0.2, 0.25) is 0 Å². The lowest BCUT2D eigenvalue weighted by Crippen LogP contribution is -2.51. The molecule has 0 radical (unpaired) electrons. The largest absolute Gasteiger partial charge is 0.463 e. The van der Waals surface area contributed by atoms with E-state index in [1.54, 1.807) is 19.1 Å². The molecule has 0 unspecified atom stereocenters. The van der Waals surface area contributed by atoms with Gasteiger partial charge in [0.25, 0.3) is 0 Å². The highest BCUT2D eigenvalue weighted by Crippen LogP contribution is 2.28. The zero-order valence-corrected chi connectivity index (χ0v) is 18.7.